The van der Waals surface area contributed by atoms with E-state index in [9.17, 15) is 4.39 Å². The molecule has 0 aromatic heterocycles. The van der Waals surface area contributed by atoms with Gasteiger partial charge >= 0.3 is 0 Å². The zero-order valence-electron chi connectivity index (χ0n) is 7.58. The van der Waals surface area contributed by atoms with Gasteiger partial charge in [-0.25, -0.2) is 4.39 Å². The lowest BCUT2D eigenvalue weighted by Gasteiger charge is -2.35. The van der Waals surface area contributed by atoms with Crippen molar-refractivity contribution in [2.75, 3.05) is 13.1 Å². The van der Waals surface area contributed by atoms with Gasteiger partial charge in [-0.05, 0) is 12.1 Å². The molecular weight excluding hydrogens is 205 g/mol. The van der Waals surface area contributed by atoms with Gasteiger partial charge in [-0.2, -0.15) is 0 Å². The monoisotopic (exact) mass is 215 g/mol. The zero-order valence-corrected chi connectivity index (χ0v) is 8.34. The number of halogens is 2. The molecule has 0 bridgehead atoms. The summed E-state index contributed by atoms with van der Waals surface area (Å²) in [6.45, 7) is 1.80. The Labute approximate surface area is 86.9 Å². The highest BCUT2D eigenvalue weighted by molar-refractivity contribution is 6.30. The molecule has 1 fully saturated rings. The lowest BCUT2D eigenvalue weighted by molar-refractivity contribution is -0.00342. The van der Waals surface area contributed by atoms with Crippen LogP contribution in [0.2, 0.25) is 5.02 Å². The molecule has 1 aromatic carbocycles. The third kappa shape index (κ3) is 2.05. The van der Waals surface area contributed by atoms with Crippen molar-refractivity contribution >= 4 is 11.6 Å². The minimum Gasteiger partial charge on any atom is -0.390 e. The second-order valence-electron chi connectivity index (χ2n) is 3.58. The second kappa shape index (κ2) is 3.85. The van der Waals surface area contributed by atoms with E-state index in [1.807, 2.05) is 4.90 Å². The van der Waals surface area contributed by atoms with Crippen LogP contribution in [-0.2, 0) is 6.54 Å². The molecule has 0 spiro atoms. The smallest absolute Gasteiger partial charge is 0.129 e. The Bertz CT molecular complexity index is 339. The molecule has 0 unspecified atom stereocenters. The lowest BCUT2D eigenvalue weighted by Crippen LogP contribution is -2.49. The number of rotatable bonds is 2. The predicted octanol–water partition coefficient (Wildman–Crippen LogP) is 1.66. The van der Waals surface area contributed by atoms with Crippen LogP contribution < -0.4 is 0 Å². The third-order valence-electron chi connectivity index (χ3n) is 2.35. The van der Waals surface area contributed by atoms with Gasteiger partial charge in [0, 0.05) is 30.2 Å². The highest BCUT2D eigenvalue weighted by Crippen LogP contribution is 2.18. The van der Waals surface area contributed by atoms with Crippen LogP contribution in [0.1, 0.15) is 5.56 Å². The summed E-state index contributed by atoms with van der Waals surface area (Å²) in [6, 6.07) is 4.67. The van der Waals surface area contributed by atoms with E-state index >= 15 is 0 Å². The van der Waals surface area contributed by atoms with Crippen molar-refractivity contribution in [1.82, 2.24) is 4.90 Å². The number of hydrogen-bond donors (Lipinski definition) is 1. The Morgan fingerprint density at radius 1 is 1.50 bits per heavy atom. The van der Waals surface area contributed by atoms with Crippen LogP contribution in [-0.4, -0.2) is 29.2 Å². The average molecular weight is 216 g/mol. The third-order valence-corrected chi connectivity index (χ3v) is 2.58. The molecule has 76 valence electrons. The predicted molar refractivity (Wildman–Crippen MR) is 52.7 cm³/mol. The average Bonchev–Trinajstić information content (AvgIpc) is 2.06. The van der Waals surface area contributed by atoms with Crippen LogP contribution in [0.15, 0.2) is 18.2 Å². The molecule has 1 saturated heterocycles. The number of hydrogen-bond acceptors (Lipinski definition) is 2. The van der Waals surface area contributed by atoms with Crippen molar-refractivity contribution in [2.24, 2.45) is 0 Å². The van der Waals surface area contributed by atoms with Crippen LogP contribution in [0.4, 0.5) is 4.39 Å². The van der Waals surface area contributed by atoms with Gasteiger partial charge in [-0.1, -0.05) is 17.7 Å². The van der Waals surface area contributed by atoms with Gasteiger partial charge in [0.25, 0.3) is 0 Å². The number of likely N-dealkylation sites (tertiary alicyclic amines) is 1. The van der Waals surface area contributed by atoms with Crippen molar-refractivity contribution in [3.8, 4) is 0 Å². The molecule has 14 heavy (non-hydrogen) atoms. The largest absolute Gasteiger partial charge is 0.390 e. The molecule has 2 rings (SSSR count). The second-order valence-corrected chi connectivity index (χ2v) is 4.02. The quantitative estimate of drug-likeness (QED) is 0.811. The molecule has 1 aliphatic rings. The van der Waals surface area contributed by atoms with Gasteiger partial charge in [0.05, 0.1) is 6.10 Å². The van der Waals surface area contributed by atoms with Gasteiger partial charge in [0.1, 0.15) is 5.82 Å². The SMILES string of the molecule is OC1CN(Cc2ccc(Cl)cc2F)C1. The van der Waals surface area contributed by atoms with E-state index in [0.717, 1.165) is 0 Å². The summed E-state index contributed by atoms with van der Waals surface area (Å²) in [4.78, 5) is 1.98. The Kier molecular flexibility index (Phi) is 2.72. The first kappa shape index (κ1) is 9.90. The summed E-state index contributed by atoms with van der Waals surface area (Å²) < 4.78 is 13.3. The minimum atomic E-state index is -0.279. The van der Waals surface area contributed by atoms with Gasteiger partial charge < -0.3 is 5.11 Å². The lowest BCUT2D eigenvalue weighted by atomic mass is 10.1. The minimum absolute atomic E-state index is 0.245. The van der Waals surface area contributed by atoms with Crippen molar-refractivity contribution < 1.29 is 9.50 Å². The Morgan fingerprint density at radius 2 is 2.21 bits per heavy atom. The Morgan fingerprint density at radius 3 is 2.79 bits per heavy atom. The van der Waals surface area contributed by atoms with Crippen molar-refractivity contribution in [2.45, 2.75) is 12.6 Å². The van der Waals surface area contributed by atoms with Gasteiger partial charge in [-0.15, -0.1) is 0 Å². The molecule has 0 amide bonds. The Balaban J connectivity index is 2.02. The fourth-order valence-electron chi connectivity index (χ4n) is 1.56. The van der Waals surface area contributed by atoms with E-state index in [4.69, 9.17) is 16.7 Å². The molecule has 0 aliphatic carbocycles. The molecule has 4 heteroatoms. The first-order valence-electron chi connectivity index (χ1n) is 4.49. The van der Waals surface area contributed by atoms with E-state index in [1.54, 1.807) is 12.1 Å². The van der Waals surface area contributed by atoms with Crippen molar-refractivity contribution in [3.05, 3.63) is 34.6 Å². The Hall–Kier alpha value is -0.640. The fraction of sp³-hybridized carbons (Fsp3) is 0.400. The summed E-state index contributed by atoms with van der Waals surface area (Å²) in [5.41, 5.74) is 0.626. The van der Waals surface area contributed by atoms with Crippen LogP contribution in [0.3, 0.4) is 0 Å². The highest BCUT2D eigenvalue weighted by Gasteiger charge is 2.24. The maximum Gasteiger partial charge on any atom is 0.129 e. The van der Waals surface area contributed by atoms with E-state index in [1.165, 1.54) is 6.07 Å². The summed E-state index contributed by atoms with van der Waals surface area (Å²) >= 11 is 5.63. The van der Waals surface area contributed by atoms with E-state index < -0.39 is 0 Å². The number of nitrogens with zero attached hydrogens (tertiary/aromatic N) is 1. The van der Waals surface area contributed by atoms with Crippen molar-refractivity contribution in [3.63, 3.8) is 0 Å². The number of aliphatic hydroxyl groups is 1. The number of benzene rings is 1. The number of β-amino-alcohol motifs (C(OH)–C–C–N with tert-alkyl or cyclic N) is 1. The number of aliphatic hydroxyl groups excluding tert-OH is 1. The van der Waals surface area contributed by atoms with Crippen LogP contribution in [0.25, 0.3) is 0 Å². The van der Waals surface area contributed by atoms with E-state index in [-0.39, 0.29) is 11.9 Å². The zero-order chi connectivity index (χ0) is 10.1. The van der Waals surface area contributed by atoms with Crippen LogP contribution in [0, 0.1) is 5.82 Å². The first-order valence-corrected chi connectivity index (χ1v) is 4.87. The summed E-state index contributed by atoms with van der Waals surface area (Å²) in [5.74, 6) is -0.279. The van der Waals surface area contributed by atoms with Crippen LogP contribution >= 0.6 is 11.6 Å². The molecule has 0 saturated carbocycles. The van der Waals surface area contributed by atoms with Crippen molar-refractivity contribution in [1.29, 1.82) is 0 Å². The molecule has 2 nitrogen and oxygen atoms in total. The maximum atomic E-state index is 13.3. The van der Waals surface area contributed by atoms with Gasteiger partial charge in [-0.3, -0.25) is 4.90 Å². The van der Waals surface area contributed by atoms with Gasteiger partial charge in [0.15, 0.2) is 0 Å². The molecular formula is C10H11ClFNO. The molecule has 0 atom stereocenters. The molecule has 1 aromatic rings. The van der Waals surface area contributed by atoms with E-state index in [2.05, 4.69) is 0 Å². The molecule has 1 N–H and O–H groups in total. The first-order chi connectivity index (χ1) is 6.65. The summed E-state index contributed by atoms with van der Waals surface area (Å²) in [7, 11) is 0. The normalized spacial score (nSPS) is 18.2. The van der Waals surface area contributed by atoms with Crippen LogP contribution in [0.5, 0.6) is 0 Å². The maximum absolute atomic E-state index is 13.3. The highest BCUT2D eigenvalue weighted by atomic mass is 35.5. The van der Waals surface area contributed by atoms with Gasteiger partial charge in [0.2, 0.25) is 0 Å². The summed E-state index contributed by atoms with van der Waals surface area (Å²) in [5, 5.41) is 9.47. The fourth-order valence-corrected chi connectivity index (χ4v) is 1.72. The topological polar surface area (TPSA) is 23.5 Å². The molecule has 1 heterocycles. The molecule has 1 aliphatic heterocycles. The standard InChI is InChI=1S/C10H11ClFNO/c11-8-2-1-7(10(12)3-8)4-13-5-9(14)6-13/h1-3,9,14H,4-6H2. The summed E-state index contributed by atoms with van der Waals surface area (Å²) in [6.07, 6.45) is -0.245. The molecule has 0 radical (unpaired) electrons. The van der Waals surface area contributed by atoms with E-state index in [0.29, 0.717) is 30.2 Å².